The normalized spacial score (nSPS) is 14.2. The van der Waals surface area contributed by atoms with E-state index in [4.69, 9.17) is 0 Å². The Kier molecular flexibility index (Phi) is 5.02. The minimum atomic E-state index is -0.479. The molecule has 6 heteroatoms. The topological polar surface area (TPSA) is 49.3 Å². The number of carbonyl (C=O) groups excluding carboxylic acids is 1. The van der Waals surface area contributed by atoms with E-state index in [-0.39, 0.29) is 11.5 Å². The number of hydrogen-bond donors (Lipinski definition) is 0. The van der Waals surface area contributed by atoms with Gasteiger partial charge in [0.1, 0.15) is 5.82 Å². The van der Waals surface area contributed by atoms with E-state index < -0.39 is 5.82 Å². The maximum atomic E-state index is 13.9. The summed E-state index contributed by atoms with van der Waals surface area (Å²) in [4.78, 5) is 16.3. The fourth-order valence-corrected chi connectivity index (χ4v) is 3.32. The molecule has 0 unspecified atom stereocenters. The molecule has 0 spiro atoms. The van der Waals surface area contributed by atoms with Gasteiger partial charge in [-0.15, -0.1) is 10.2 Å². The number of rotatable bonds is 3. The first-order valence-electron chi connectivity index (χ1n) is 9.31. The molecule has 2 heterocycles. The molecule has 1 aromatic heterocycles. The van der Waals surface area contributed by atoms with Gasteiger partial charge in [0.2, 0.25) is 0 Å². The van der Waals surface area contributed by atoms with Gasteiger partial charge >= 0.3 is 0 Å². The highest BCUT2D eigenvalue weighted by Crippen LogP contribution is 2.20. The molecule has 5 nitrogen and oxygen atoms in total. The molecule has 0 radical (unpaired) electrons. The van der Waals surface area contributed by atoms with Gasteiger partial charge in [-0.2, -0.15) is 0 Å². The van der Waals surface area contributed by atoms with Crippen LogP contribution in [0.2, 0.25) is 0 Å². The number of nitrogens with zero attached hydrogens (tertiary/aromatic N) is 4. The Morgan fingerprint density at radius 3 is 2.25 bits per heavy atom. The molecule has 28 heavy (non-hydrogen) atoms. The summed E-state index contributed by atoms with van der Waals surface area (Å²) < 4.78 is 13.9. The average molecular weight is 376 g/mol. The van der Waals surface area contributed by atoms with E-state index in [0.29, 0.717) is 26.2 Å². The fourth-order valence-electron chi connectivity index (χ4n) is 3.32. The molecule has 0 saturated carbocycles. The molecule has 1 aliphatic rings. The van der Waals surface area contributed by atoms with Crippen molar-refractivity contribution in [1.82, 2.24) is 15.1 Å². The van der Waals surface area contributed by atoms with Crippen molar-refractivity contribution in [1.29, 1.82) is 0 Å². The molecule has 0 atom stereocenters. The summed E-state index contributed by atoms with van der Waals surface area (Å²) in [5.74, 6) is 0.0416. The van der Waals surface area contributed by atoms with Crippen molar-refractivity contribution in [3.05, 3.63) is 77.6 Å². The highest BCUT2D eigenvalue weighted by atomic mass is 19.1. The Balaban J connectivity index is 1.40. The van der Waals surface area contributed by atoms with Gasteiger partial charge in [0.05, 0.1) is 11.3 Å². The van der Waals surface area contributed by atoms with E-state index in [1.165, 1.54) is 17.7 Å². The summed E-state index contributed by atoms with van der Waals surface area (Å²) in [6.07, 6.45) is 0. The second kappa shape index (κ2) is 7.76. The zero-order chi connectivity index (χ0) is 19.5. The molecule has 142 valence electrons. The Labute approximate surface area is 163 Å². The number of carbonyl (C=O) groups is 1. The van der Waals surface area contributed by atoms with Gasteiger partial charge in [-0.3, -0.25) is 4.79 Å². The first-order chi connectivity index (χ1) is 13.6. The molecule has 0 N–H and O–H groups in total. The number of piperazine rings is 1. The SMILES string of the molecule is Cc1ccc(-c2ccc(N3CCN(C(=O)c4ccccc4F)CC3)nn2)cc1. The van der Waals surface area contributed by atoms with Crippen LogP contribution in [-0.2, 0) is 0 Å². The zero-order valence-corrected chi connectivity index (χ0v) is 15.7. The van der Waals surface area contributed by atoms with Gasteiger partial charge in [-0.05, 0) is 31.2 Å². The van der Waals surface area contributed by atoms with Crippen LogP contribution in [0.15, 0.2) is 60.7 Å². The second-order valence-corrected chi connectivity index (χ2v) is 6.90. The van der Waals surface area contributed by atoms with Crippen LogP contribution in [0.5, 0.6) is 0 Å². The van der Waals surface area contributed by atoms with Crippen LogP contribution in [0.4, 0.5) is 10.2 Å². The Morgan fingerprint density at radius 1 is 0.893 bits per heavy atom. The molecule has 3 aromatic rings. The fraction of sp³-hybridized carbons (Fsp3) is 0.227. The van der Waals surface area contributed by atoms with Crippen molar-refractivity contribution in [2.75, 3.05) is 31.1 Å². The van der Waals surface area contributed by atoms with Crippen molar-refractivity contribution < 1.29 is 9.18 Å². The molecule has 1 saturated heterocycles. The maximum Gasteiger partial charge on any atom is 0.256 e. The van der Waals surface area contributed by atoms with Gasteiger partial charge in [-0.1, -0.05) is 42.0 Å². The van der Waals surface area contributed by atoms with E-state index in [0.717, 1.165) is 17.1 Å². The molecule has 1 amide bonds. The smallest absolute Gasteiger partial charge is 0.256 e. The Hall–Kier alpha value is -3.28. The van der Waals surface area contributed by atoms with Gasteiger partial charge in [0.25, 0.3) is 5.91 Å². The predicted octanol–water partition coefficient (Wildman–Crippen LogP) is 3.55. The highest BCUT2D eigenvalue weighted by molar-refractivity contribution is 5.94. The number of halogens is 1. The summed E-state index contributed by atoms with van der Waals surface area (Å²) in [5.41, 5.74) is 3.19. The third kappa shape index (κ3) is 3.71. The Bertz CT molecular complexity index is 965. The molecule has 1 aliphatic heterocycles. The third-order valence-corrected chi connectivity index (χ3v) is 4.99. The van der Waals surface area contributed by atoms with Crippen LogP contribution in [0.25, 0.3) is 11.3 Å². The van der Waals surface area contributed by atoms with Crippen molar-refractivity contribution >= 4 is 11.7 Å². The molecule has 0 aliphatic carbocycles. The highest BCUT2D eigenvalue weighted by Gasteiger charge is 2.24. The maximum absolute atomic E-state index is 13.9. The summed E-state index contributed by atoms with van der Waals surface area (Å²) >= 11 is 0. The molecular weight excluding hydrogens is 355 g/mol. The average Bonchev–Trinajstić information content (AvgIpc) is 2.74. The lowest BCUT2D eigenvalue weighted by Crippen LogP contribution is -2.49. The van der Waals surface area contributed by atoms with Crippen LogP contribution in [0.3, 0.4) is 0 Å². The van der Waals surface area contributed by atoms with Crippen LogP contribution in [0.1, 0.15) is 15.9 Å². The summed E-state index contributed by atoms with van der Waals surface area (Å²) in [7, 11) is 0. The van der Waals surface area contributed by atoms with E-state index in [1.54, 1.807) is 17.0 Å². The van der Waals surface area contributed by atoms with E-state index in [2.05, 4.69) is 34.2 Å². The van der Waals surface area contributed by atoms with E-state index in [9.17, 15) is 9.18 Å². The van der Waals surface area contributed by atoms with E-state index >= 15 is 0 Å². The lowest BCUT2D eigenvalue weighted by atomic mass is 10.1. The van der Waals surface area contributed by atoms with Crippen molar-refractivity contribution in [3.8, 4) is 11.3 Å². The quantitative estimate of drug-likeness (QED) is 0.701. The zero-order valence-electron chi connectivity index (χ0n) is 15.7. The molecule has 4 rings (SSSR count). The lowest BCUT2D eigenvalue weighted by Gasteiger charge is -2.35. The van der Waals surface area contributed by atoms with Crippen molar-refractivity contribution in [2.45, 2.75) is 6.92 Å². The van der Waals surface area contributed by atoms with Gasteiger partial charge in [0.15, 0.2) is 5.82 Å². The summed E-state index contributed by atoms with van der Waals surface area (Å²) in [5, 5.41) is 8.70. The van der Waals surface area contributed by atoms with Gasteiger partial charge < -0.3 is 9.80 Å². The predicted molar refractivity (Wildman–Crippen MR) is 107 cm³/mol. The first kappa shape index (κ1) is 18.1. The molecule has 2 aromatic carbocycles. The van der Waals surface area contributed by atoms with Gasteiger partial charge in [-0.25, -0.2) is 4.39 Å². The second-order valence-electron chi connectivity index (χ2n) is 6.90. The Morgan fingerprint density at radius 2 is 1.61 bits per heavy atom. The number of aryl methyl sites for hydroxylation is 1. The van der Waals surface area contributed by atoms with Crippen LogP contribution < -0.4 is 4.90 Å². The number of anilines is 1. The number of aromatic nitrogens is 2. The first-order valence-corrected chi connectivity index (χ1v) is 9.31. The molecular formula is C22H21FN4O. The molecule has 0 bridgehead atoms. The van der Waals surface area contributed by atoms with Gasteiger partial charge in [0, 0.05) is 31.7 Å². The minimum absolute atomic E-state index is 0.123. The standard InChI is InChI=1S/C22H21FN4O/c1-16-6-8-17(9-7-16)20-10-11-21(25-24-20)26-12-14-27(15-13-26)22(28)18-4-2-3-5-19(18)23/h2-11H,12-15H2,1H3. The molecule has 1 fully saturated rings. The largest absolute Gasteiger partial charge is 0.352 e. The van der Waals surface area contributed by atoms with E-state index in [1.807, 2.05) is 24.3 Å². The van der Waals surface area contributed by atoms with Crippen LogP contribution >= 0.6 is 0 Å². The monoisotopic (exact) mass is 376 g/mol. The summed E-state index contributed by atoms with van der Waals surface area (Å²) in [6.45, 7) is 4.37. The van der Waals surface area contributed by atoms with Crippen LogP contribution in [0, 0.1) is 12.7 Å². The summed E-state index contributed by atoms with van der Waals surface area (Å²) in [6, 6.07) is 18.2. The van der Waals surface area contributed by atoms with Crippen molar-refractivity contribution in [2.24, 2.45) is 0 Å². The number of hydrogen-bond acceptors (Lipinski definition) is 4. The van der Waals surface area contributed by atoms with Crippen molar-refractivity contribution in [3.63, 3.8) is 0 Å². The minimum Gasteiger partial charge on any atom is -0.352 e. The lowest BCUT2D eigenvalue weighted by molar-refractivity contribution is 0.0742. The van der Waals surface area contributed by atoms with Crippen LogP contribution in [-0.4, -0.2) is 47.2 Å². The number of benzene rings is 2. The third-order valence-electron chi connectivity index (χ3n) is 4.99. The number of amides is 1.